The molecule has 0 aliphatic carbocycles. The van der Waals surface area contributed by atoms with Crippen molar-refractivity contribution in [1.82, 2.24) is 9.97 Å². The smallest absolute Gasteiger partial charge is 0.131 e. The van der Waals surface area contributed by atoms with E-state index < -0.39 is 0 Å². The summed E-state index contributed by atoms with van der Waals surface area (Å²) in [6, 6.07) is 7.49. The maximum Gasteiger partial charge on any atom is 0.131 e. The van der Waals surface area contributed by atoms with Crippen LogP contribution in [0.3, 0.4) is 0 Å². The van der Waals surface area contributed by atoms with E-state index in [1.165, 1.54) is 50.2 Å². The minimum atomic E-state index is -0.304. The summed E-state index contributed by atoms with van der Waals surface area (Å²) in [5.74, 6) is 0.515. The summed E-state index contributed by atoms with van der Waals surface area (Å²) in [5, 5.41) is 4.26. The van der Waals surface area contributed by atoms with Crippen LogP contribution in [0.15, 0.2) is 36.7 Å². The molecule has 156 valence electrons. The molecular weight excluding hydrogens is 365 g/mol. The number of aryl methyl sites for hydroxylation is 1. The van der Waals surface area contributed by atoms with Gasteiger partial charge in [-0.15, -0.1) is 0 Å². The number of aromatic nitrogens is 2. The van der Waals surface area contributed by atoms with E-state index in [0.29, 0.717) is 5.56 Å². The number of anilines is 2. The summed E-state index contributed by atoms with van der Waals surface area (Å²) < 4.78 is 19.6. The van der Waals surface area contributed by atoms with E-state index in [2.05, 4.69) is 28.3 Å². The van der Waals surface area contributed by atoms with E-state index in [1.807, 2.05) is 31.5 Å². The van der Waals surface area contributed by atoms with Crippen LogP contribution in [-0.4, -0.2) is 17.1 Å². The Hall–Kier alpha value is -2.40. The molecule has 0 radical (unpaired) electrons. The van der Waals surface area contributed by atoms with Gasteiger partial charge in [0, 0.05) is 30.5 Å². The van der Waals surface area contributed by atoms with Crippen LogP contribution in [0.5, 0.6) is 0 Å². The second-order valence-electron chi connectivity index (χ2n) is 7.69. The van der Waals surface area contributed by atoms with Crippen LogP contribution in [0.25, 0.3) is 10.9 Å². The average molecular weight is 398 g/mol. The molecule has 0 bridgehead atoms. The van der Waals surface area contributed by atoms with Gasteiger partial charge in [0.25, 0.3) is 0 Å². The van der Waals surface area contributed by atoms with Crippen molar-refractivity contribution in [3.8, 4) is 0 Å². The molecule has 1 atom stereocenters. The van der Waals surface area contributed by atoms with Gasteiger partial charge in [-0.1, -0.05) is 45.1 Å². The monoisotopic (exact) mass is 397 g/mol. The van der Waals surface area contributed by atoms with Crippen molar-refractivity contribution in [2.75, 3.05) is 12.4 Å². The van der Waals surface area contributed by atoms with Gasteiger partial charge in [0.2, 0.25) is 0 Å². The van der Waals surface area contributed by atoms with Gasteiger partial charge < -0.3 is 15.0 Å². The van der Waals surface area contributed by atoms with E-state index in [1.54, 1.807) is 7.11 Å². The Morgan fingerprint density at radius 1 is 1.14 bits per heavy atom. The number of H-pyrrole nitrogens is 1. The molecule has 0 aliphatic rings. The number of nitrogens with zero attached hydrogens (tertiary/aromatic N) is 1. The van der Waals surface area contributed by atoms with E-state index >= 15 is 0 Å². The number of hydrogen-bond donors (Lipinski definition) is 2. The molecule has 29 heavy (non-hydrogen) atoms. The number of benzene rings is 1. The lowest BCUT2D eigenvalue weighted by atomic mass is 10.1. The minimum Gasteiger partial charge on any atom is -0.377 e. The van der Waals surface area contributed by atoms with Crippen molar-refractivity contribution in [3.05, 3.63) is 53.6 Å². The topological polar surface area (TPSA) is 49.9 Å². The van der Waals surface area contributed by atoms with Crippen molar-refractivity contribution in [3.63, 3.8) is 0 Å². The molecule has 0 fully saturated rings. The predicted octanol–water partition coefficient (Wildman–Crippen LogP) is 7.06. The Labute approximate surface area is 172 Å². The van der Waals surface area contributed by atoms with Crippen LogP contribution in [0, 0.1) is 5.82 Å². The van der Waals surface area contributed by atoms with Crippen LogP contribution < -0.4 is 5.32 Å². The molecule has 0 amide bonds. The van der Waals surface area contributed by atoms with Gasteiger partial charge in [-0.3, -0.25) is 0 Å². The Kier molecular flexibility index (Phi) is 7.64. The van der Waals surface area contributed by atoms with Gasteiger partial charge in [0.05, 0.1) is 17.3 Å². The molecule has 5 heteroatoms. The van der Waals surface area contributed by atoms with Crippen molar-refractivity contribution in [2.45, 2.75) is 64.9 Å². The van der Waals surface area contributed by atoms with E-state index in [9.17, 15) is 4.39 Å². The lowest BCUT2D eigenvalue weighted by Crippen LogP contribution is -2.00. The van der Waals surface area contributed by atoms with Crippen LogP contribution in [-0.2, 0) is 11.2 Å². The quantitative estimate of drug-likeness (QED) is 0.341. The fourth-order valence-corrected chi connectivity index (χ4v) is 3.60. The first kappa shape index (κ1) is 21.3. The van der Waals surface area contributed by atoms with Gasteiger partial charge in [0.1, 0.15) is 11.6 Å². The zero-order valence-electron chi connectivity index (χ0n) is 17.7. The van der Waals surface area contributed by atoms with Crippen molar-refractivity contribution < 1.29 is 9.13 Å². The number of hydrogen-bond acceptors (Lipinski definition) is 3. The highest BCUT2D eigenvalue weighted by Crippen LogP contribution is 2.31. The van der Waals surface area contributed by atoms with Gasteiger partial charge in [-0.25, -0.2) is 9.37 Å². The summed E-state index contributed by atoms with van der Waals surface area (Å²) in [7, 11) is 1.58. The summed E-state index contributed by atoms with van der Waals surface area (Å²) >= 11 is 0. The number of ether oxygens (including phenoxy) is 1. The SMILES string of the molecule is CCCCCCCCc1ccc(Nc2c[nH]c3cc(F)c(C(C)OC)cc23)nc1. The fourth-order valence-electron chi connectivity index (χ4n) is 3.60. The lowest BCUT2D eigenvalue weighted by molar-refractivity contribution is 0.116. The summed E-state index contributed by atoms with van der Waals surface area (Å²) in [5.41, 5.74) is 3.44. The maximum absolute atomic E-state index is 14.3. The van der Waals surface area contributed by atoms with E-state index in [4.69, 9.17) is 4.74 Å². The number of methoxy groups -OCH3 is 1. The number of rotatable bonds is 11. The minimum absolute atomic E-state index is 0.266. The Bertz CT molecular complexity index is 904. The normalized spacial score (nSPS) is 12.4. The largest absolute Gasteiger partial charge is 0.377 e. The maximum atomic E-state index is 14.3. The Morgan fingerprint density at radius 2 is 1.93 bits per heavy atom. The molecule has 0 aliphatic heterocycles. The zero-order valence-corrected chi connectivity index (χ0v) is 17.7. The first-order chi connectivity index (χ1) is 14.1. The Balaban J connectivity index is 1.63. The third-order valence-electron chi connectivity index (χ3n) is 5.50. The fraction of sp³-hybridized carbons (Fsp3) is 0.458. The zero-order chi connectivity index (χ0) is 20.6. The molecule has 0 saturated carbocycles. The van der Waals surface area contributed by atoms with Crippen LogP contribution >= 0.6 is 0 Å². The van der Waals surface area contributed by atoms with Crippen LogP contribution in [0.1, 0.15) is 69.6 Å². The first-order valence-corrected chi connectivity index (χ1v) is 10.7. The first-order valence-electron chi connectivity index (χ1n) is 10.7. The number of halogens is 1. The summed E-state index contributed by atoms with van der Waals surface area (Å²) in [4.78, 5) is 7.68. The number of fused-ring (bicyclic) bond motifs is 1. The van der Waals surface area contributed by atoms with E-state index in [-0.39, 0.29) is 11.9 Å². The standard InChI is InChI=1S/C24H32FN3O/c1-4-5-6-7-8-9-10-18-11-12-24(27-15-18)28-23-16-26-22-14-21(25)19(13-20(22)23)17(2)29-3/h11-17,26H,4-10H2,1-3H3,(H,27,28). The number of aromatic amines is 1. The van der Waals surface area contributed by atoms with Gasteiger partial charge in [-0.2, -0.15) is 0 Å². The average Bonchev–Trinajstić information content (AvgIpc) is 3.12. The molecule has 2 heterocycles. The molecule has 1 unspecified atom stereocenters. The van der Waals surface area contributed by atoms with Crippen molar-refractivity contribution in [1.29, 1.82) is 0 Å². The summed E-state index contributed by atoms with van der Waals surface area (Å²) in [6.07, 6.45) is 12.4. The van der Waals surface area contributed by atoms with Gasteiger partial charge >= 0.3 is 0 Å². The summed E-state index contributed by atoms with van der Waals surface area (Å²) in [6.45, 7) is 4.09. The molecule has 2 aromatic heterocycles. The Morgan fingerprint density at radius 3 is 2.66 bits per heavy atom. The number of nitrogens with one attached hydrogen (secondary N) is 2. The molecule has 4 nitrogen and oxygen atoms in total. The second-order valence-corrected chi connectivity index (χ2v) is 7.69. The lowest BCUT2D eigenvalue weighted by Gasteiger charge is -2.12. The highest BCUT2D eigenvalue weighted by atomic mass is 19.1. The number of unbranched alkanes of at least 4 members (excludes halogenated alkanes) is 5. The van der Waals surface area contributed by atoms with Gasteiger partial charge in [-0.05, 0) is 43.5 Å². The van der Waals surface area contributed by atoms with Crippen molar-refractivity contribution >= 4 is 22.4 Å². The molecule has 1 aromatic carbocycles. The molecular formula is C24H32FN3O. The second kappa shape index (κ2) is 10.4. The molecule has 0 saturated heterocycles. The van der Waals surface area contributed by atoms with Crippen LogP contribution in [0.2, 0.25) is 0 Å². The van der Waals surface area contributed by atoms with Gasteiger partial charge in [0.15, 0.2) is 0 Å². The molecule has 2 N–H and O–H groups in total. The molecule has 3 aromatic rings. The molecule has 0 spiro atoms. The number of pyridine rings is 1. The predicted molar refractivity (Wildman–Crippen MR) is 118 cm³/mol. The highest BCUT2D eigenvalue weighted by molar-refractivity contribution is 5.94. The van der Waals surface area contributed by atoms with E-state index in [0.717, 1.165) is 28.8 Å². The molecule has 3 rings (SSSR count). The van der Waals surface area contributed by atoms with Crippen molar-refractivity contribution in [2.24, 2.45) is 0 Å². The highest BCUT2D eigenvalue weighted by Gasteiger charge is 2.14. The third kappa shape index (κ3) is 5.57. The third-order valence-corrected chi connectivity index (χ3v) is 5.50. The van der Waals surface area contributed by atoms with Crippen LogP contribution in [0.4, 0.5) is 15.9 Å².